The number of aryl methyl sites for hydroxylation is 1. The Hall–Kier alpha value is -2.51. The molecule has 0 saturated carbocycles. The molecule has 3 aromatic rings. The van der Waals surface area contributed by atoms with Crippen LogP contribution < -0.4 is 10.6 Å². The third kappa shape index (κ3) is 8.69. The SMILES string of the molecule is O=[PH](O)OCCCNCc1cc(-c2ccco2)c(NCCCCCc2ccc(F)cc2)cc1F. The Kier molecular flexibility index (Phi) is 10.8. The Morgan fingerprint density at radius 3 is 2.56 bits per heavy atom. The first-order chi connectivity index (χ1) is 16.5. The van der Waals surface area contributed by atoms with Crippen molar-refractivity contribution in [2.75, 3.05) is 25.0 Å². The van der Waals surface area contributed by atoms with Gasteiger partial charge in [0.15, 0.2) is 0 Å². The average molecular weight is 493 g/mol. The van der Waals surface area contributed by atoms with Crippen LogP contribution in [0.4, 0.5) is 14.5 Å². The monoisotopic (exact) mass is 492 g/mol. The highest BCUT2D eigenvalue weighted by Crippen LogP contribution is 2.31. The highest BCUT2D eigenvalue weighted by atomic mass is 31.1. The van der Waals surface area contributed by atoms with Crippen LogP contribution in [0.15, 0.2) is 59.2 Å². The number of halogens is 2. The van der Waals surface area contributed by atoms with Crippen LogP contribution in [0.25, 0.3) is 11.3 Å². The van der Waals surface area contributed by atoms with E-state index in [1.165, 1.54) is 18.2 Å². The van der Waals surface area contributed by atoms with Gasteiger partial charge in [0.05, 0.1) is 12.9 Å². The second kappa shape index (κ2) is 14.0. The molecule has 1 unspecified atom stereocenters. The lowest BCUT2D eigenvalue weighted by Gasteiger charge is -2.14. The van der Waals surface area contributed by atoms with Gasteiger partial charge >= 0.3 is 8.25 Å². The van der Waals surface area contributed by atoms with Gasteiger partial charge < -0.3 is 24.5 Å². The van der Waals surface area contributed by atoms with Gasteiger partial charge in [0.1, 0.15) is 17.4 Å². The predicted molar refractivity (Wildman–Crippen MR) is 130 cm³/mol. The molecule has 1 atom stereocenters. The third-order valence-corrected chi connectivity index (χ3v) is 5.83. The summed E-state index contributed by atoms with van der Waals surface area (Å²) in [6.45, 7) is 1.72. The molecule has 184 valence electrons. The minimum atomic E-state index is -2.91. The molecule has 3 N–H and O–H groups in total. The van der Waals surface area contributed by atoms with Crippen molar-refractivity contribution in [3.05, 3.63) is 77.6 Å². The van der Waals surface area contributed by atoms with Gasteiger partial charge in [-0.25, -0.2) is 8.78 Å². The van der Waals surface area contributed by atoms with Crippen LogP contribution in [-0.2, 0) is 22.1 Å². The van der Waals surface area contributed by atoms with Crippen molar-refractivity contribution in [1.82, 2.24) is 5.32 Å². The van der Waals surface area contributed by atoms with Crippen molar-refractivity contribution in [2.45, 2.75) is 38.6 Å². The van der Waals surface area contributed by atoms with E-state index >= 15 is 0 Å². The summed E-state index contributed by atoms with van der Waals surface area (Å²) in [5.41, 5.74) is 3.10. The molecular weight excluding hydrogens is 461 g/mol. The maximum atomic E-state index is 14.8. The van der Waals surface area contributed by atoms with Crippen molar-refractivity contribution >= 4 is 13.9 Å². The number of hydrogen-bond acceptors (Lipinski definition) is 5. The number of hydrogen-bond donors (Lipinski definition) is 3. The Balaban J connectivity index is 1.50. The van der Waals surface area contributed by atoms with Gasteiger partial charge in [-0.3, -0.25) is 4.57 Å². The summed E-state index contributed by atoms with van der Waals surface area (Å²) in [5, 5.41) is 6.46. The molecule has 0 fully saturated rings. The molecule has 9 heteroatoms. The van der Waals surface area contributed by atoms with Gasteiger partial charge in [-0.1, -0.05) is 18.6 Å². The highest BCUT2D eigenvalue weighted by Gasteiger charge is 2.13. The first-order valence-corrected chi connectivity index (χ1v) is 12.7. The summed E-state index contributed by atoms with van der Waals surface area (Å²) in [4.78, 5) is 8.66. The molecule has 0 bridgehead atoms. The van der Waals surface area contributed by atoms with Crippen LogP contribution in [0.2, 0.25) is 0 Å². The van der Waals surface area contributed by atoms with E-state index in [1.807, 2.05) is 18.2 Å². The van der Waals surface area contributed by atoms with Crippen molar-refractivity contribution < 1.29 is 27.2 Å². The maximum absolute atomic E-state index is 14.8. The van der Waals surface area contributed by atoms with Crippen LogP contribution in [0, 0.1) is 11.6 Å². The van der Waals surface area contributed by atoms with Gasteiger partial charge in [0, 0.05) is 29.9 Å². The van der Waals surface area contributed by atoms with E-state index in [0.29, 0.717) is 43.1 Å². The molecule has 0 aliphatic heterocycles. The topological polar surface area (TPSA) is 83.7 Å². The molecule has 1 heterocycles. The molecule has 1 aromatic heterocycles. The lowest BCUT2D eigenvalue weighted by Crippen LogP contribution is -2.17. The molecule has 34 heavy (non-hydrogen) atoms. The molecular formula is C25H31F2N2O4P. The Labute approximate surface area is 199 Å². The van der Waals surface area contributed by atoms with E-state index in [2.05, 4.69) is 15.2 Å². The second-order valence-electron chi connectivity index (χ2n) is 7.98. The van der Waals surface area contributed by atoms with Crippen LogP contribution in [-0.4, -0.2) is 24.6 Å². The Morgan fingerprint density at radius 1 is 1.00 bits per heavy atom. The second-order valence-corrected chi connectivity index (χ2v) is 8.80. The van der Waals surface area contributed by atoms with Crippen molar-refractivity contribution in [3.8, 4) is 11.3 Å². The predicted octanol–water partition coefficient (Wildman–Crippen LogP) is 5.93. The van der Waals surface area contributed by atoms with Crippen LogP contribution in [0.1, 0.15) is 36.8 Å². The molecule has 0 spiro atoms. The number of rotatable bonds is 15. The summed E-state index contributed by atoms with van der Waals surface area (Å²) < 4.78 is 48.5. The van der Waals surface area contributed by atoms with Crippen molar-refractivity contribution in [3.63, 3.8) is 0 Å². The van der Waals surface area contributed by atoms with Gasteiger partial charge in [0.25, 0.3) is 0 Å². The molecule has 0 aliphatic carbocycles. The fourth-order valence-electron chi connectivity index (χ4n) is 3.62. The zero-order valence-electron chi connectivity index (χ0n) is 19.0. The summed E-state index contributed by atoms with van der Waals surface area (Å²) in [7, 11) is -2.91. The smallest absolute Gasteiger partial charge is 0.316 e. The third-order valence-electron chi connectivity index (χ3n) is 5.38. The molecule has 6 nitrogen and oxygen atoms in total. The van der Waals surface area contributed by atoms with E-state index in [1.54, 1.807) is 18.4 Å². The van der Waals surface area contributed by atoms with Crippen LogP contribution >= 0.6 is 8.25 Å². The highest BCUT2D eigenvalue weighted by molar-refractivity contribution is 7.32. The number of unbranched alkanes of at least 4 members (excludes halogenated alkanes) is 2. The number of benzene rings is 2. The zero-order chi connectivity index (χ0) is 24.2. The van der Waals surface area contributed by atoms with E-state index < -0.39 is 8.25 Å². The standard InChI is InChI=1S/C25H31F2N2O4P/c26-21-10-8-19(9-11-21)6-2-1-3-13-29-24-17-23(27)20(16-22(24)25-7-4-14-32-25)18-28-12-5-15-33-34(30)31/h4,7-11,14,16-17,28-29,34H,1-3,5-6,12-13,15,18H2,(H,30,31). The zero-order valence-corrected chi connectivity index (χ0v) is 20.0. The van der Waals surface area contributed by atoms with Gasteiger partial charge in [-0.05, 0) is 74.2 Å². The van der Waals surface area contributed by atoms with Gasteiger partial charge in [-0.2, -0.15) is 0 Å². The molecule has 0 saturated heterocycles. The lowest BCUT2D eigenvalue weighted by atomic mass is 10.0. The van der Waals surface area contributed by atoms with Crippen LogP contribution in [0.5, 0.6) is 0 Å². The van der Waals surface area contributed by atoms with Gasteiger partial charge in [-0.15, -0.1) is 0 Å². The van der Waals surface area contributed by atoms with E-state index in [9.17, 15) is 13.3 Å². The molecule has 0 radical (unpaired) electrons. The minimum Gasteiger partial charge on any atom is -0.464 e. The summed E-state index contributed by atoms with van der Waals surface area (Å²) in [6.07, 6.45) is 5.95. The van der Waals surface area contributed by atoms with E-state index in [0.717, 1.165) is 36.8 Å². The van der Waals surface area contributed by atoms with E-state index in [-0.39, 0.29) is 18.2 Å². The fourth-order valence-corrected chi connectivity index (χ4v) is 3.94. The van der Waals surface area contributed by atoms with Gasteiger partial charge in [0.2, 0.25) is 0 Å². The quantitative estimate of drug-likeness (QED) is 0.180. The Morgan fingerprint density at radius 2 is 1.82 bits per heavy atom. The first kappa shape index (κ1) is 26.1. The van der Waals surface area contributed by atoms with E-state index in [4.69, 9.17) is 9.31 Å². The molecule has 3 rings (SSSR count). The summed E-state index contributed by atoms with van der Waals surface area (Å²) in [6, 6.07) is 13.5. The van der Waals surface area contributed by atoms with Crippen molar-refractivity contribution in [1.29, 1.82) is 0 Å². The number of furan rings is 1. The Bertz CT molecular complexity index is 1030. The molecule has 2 aromatic carbocycles. The average Bonchev–Trinajstić information content (AvgIpc) is 3.35. The number of anilines is 1. The summed E-state index contributed by atoms with van der Waals surface area (Å²) >= 11 is 0. The summed E-state index contributed by atoms with van der Waals surface area (Å²) in [5.74, 6) is 0.112. The molecule has 0 aliphatic rings. The van der Waals surface area contributed by atoms with Crippen LogP contribution in [0.3, 0.4) is 0 Å². The largest absolute Gasteiger partial charge is 0.464 e. The number of nitrogens with one attached hydrogen (secondary N) is 2. The maximum Gasteiger partial charge on any atom is 0.316 e. The normalized spacial score (nSPS) is 12.1. The minimum absolute atomic E-state index is 0.175. The lowest BCUT2D eigenvalue weighted by molar-refractivity contribution is 0.276. The fraction of sp³-hybridized carbons (Fsp3) is 0.360. The van der Waals surface area contributed by atoms with Crippen molar-refractivity contribution in [2.24, 2.45) is 0 Å². The molecule has 0 amide bonds. The first-order valence-electron chi connectivity index (χ1n) is 11.4.